The SMILES string of the molecule is CC1=CC(NS(=O)(=O)c2ccc(C)cc2)=CC(=O)C1=O. The monoisotopic (exact) mass is 291 g/mol. The lowest BCUT2D eigenvalue weighted by molar-refractivity contribution is -0.131. The predicted octanol–water partition coefficient (Wildman–Crippen LogP) is 1.26. The van der Waals surface area contributed by atoms with Crippen LogP contribution in [0.3, 0.4) is 0 Å². The molecule has 0 radical (unpaired) electrons. The maximum atomic E-state index is 12.1. The van der Waals surface area contributed by atoms with E-state index in [-0.39, 0.29) is 16.2 Å². The summed E-state index contributed by atoms with van der Waals surface area (Å²) in [6.45, 7) is 3.32. The van der Waals surface area contributed by atoms with E-state index in [4.69, 9.17) is 0 Å². The molecule has 0 atom stereocenters. The van der Waals surface area contributed by atoms with Crippen molar-refractivity contribution in [2.75, 3.05) is 0 Å². The van der Waals surface area contributed by atoms with Crippen LogP contribution >= 0.6 is 0 Å². The summed E-state index contributed by atoms with van der Waals surface area (Å²) in [5.74, 6) is -1.35. The van der Waals surface area contributed by atoms with Crippen molar-refractivity contribution in [3.05, 3.63) is 53.3 Å². The van der Waals surface area contributed by atoms with Crippen LogP contribution in [0.5, 0.6) is 0 Å². The summed E-state index contributed by atoms with van der Waals surface area (Å²) in [5, 5.41) is 0. The van der Waals surface area contributed by atoms with E-state index in [0.29, 0.717) is 0 Å². The van der Waals surface area contributed by atoms with Gasteiger partial charge in [-0.2, -0.15) is 0 Å². The van der Waals surface area contributed by atoms with Gasteiger partial charge in [-0.1, -0.05) is 17.7 Å². The third-order valence-corrected chi connectivity index (χ3v) is 4.22. The van der Waals surface area contributed by atoms with Crippen LogP contribution in [0, 0.1) is 6.92 Å². The zero-order valence-electron chi connectivity index (χ0n) is 11.0. The molecule has 0 unspecified atom stereocenters. The summed E-state index contributed by atoms with van der Waals surface area (Å²) in [4.78, 5) is 22.8. The Morgan fingerprint density at radius 2 is 1.55 bits per heavy atom. The number of nitrogens with one attached hydrogen (secondary N) is 1. The summed E-state index contributed by atoms with van der Waals surface area (Å²) < 4.78 is 26.6. The number of benzene rings is 1. The van der Waals surface area contributed by atoms with Crippen LogP contribution in [0.25, 0.3) is 0 Å². The Hall–Kier alpha value is -2.21. The van der Waals surface area contributed by atoms with Gasteiger partial charge in [0.15, 0.2) is 0 Å². The molecule has 0 bridgehead atoms. The number of carbonyl (C=O) groups is 2. The smallest absolute Gasteiger partial charge is 0.261 e. The van der Waals surface area contributed by atoms with Gasteiger partial charge in [0, 0.05) is 11.6 Å². The predicted molar refractivity (Wildman–Crippen MR) is 73.4 cm³/mol. The van der Waals surface area contributed by atoms with Gasteiger partial charge in [0.2, 0.25) is 11.6 Å². The molecule has 1 aliphatic rings. The van der Waals surface area contributed by atoms with E-state index in [1.807, 2.05) is 6.92 Å². The maximum Gasteiger partial charge on any atom is 0.261 e. The Bertz CT molecular complexity index is 740. The molecule has 104 valence electrons. The van der Waals surface area contributed by atoms with Gasteiger partial charge in [0.25, 0.3) is 10.0 Å². The lowest BCUT2D eigenvalue weighted by Gasteiger charge is -2.12. The first-order chi connectivity index (χ1) is 9.29. The van der Waals surface area contributed by atoms with E-state index in [9.17, 15) is 18.0 Å². The molecule has 20 heavy (non-hydrogen) atoms. The van der Waals surface area contributed by atoms with E-state index in [2.05, 4.69) is 4.72 Å². The maximum absolute atomic E-state index is 12.1. The van der Waals surface area contributed by atoms with Crippen molar-refractivity contribution >= 4 is 21.6 Å². The topological polar surface area (TPSA) is 80.3 Å². The van der Waals surface area contributed by atoms with E-state index >= 15 is 0 Å². The lowest BCUT2D eigenvalue weighted by atomic mass is 10.0. The molecule has 2 rings (SSSR count). The van der Waals surface area contributed by atoms with E-state index in [1.165, 1.54) is 25.1 Å². The molecule has 0 amide bonds. The fourth-order valence-corrected chi connectivity index (χ4v) is 2.77. The highest BCUT2D eigenvalue weighted by molar-refractivity contribution is 7.89. The first kappa shape index (κ1) is 14.2. The van der Waals surface area contributed by atoms with Crippen LogP contribution in [0.2, 0.25) is 0 Å². The van der Waals surface area contributed by atoms with Gasteiger partial charge in [0.1, 0.15) is 0 Å². The zero-order chi connectivity index (χ0) is 14.9. The molecule has 0 saturated carbocycles. The quantitative estimate of drug-likeness (QED) is 0.671. The molecule has 0 aliphatic heterocycles. The third kappa shape index (κ3) is 2.85. The third-order valence-electron chi connectivity index (χ3n) is 2.82. The number of carbonyl (C=O) groups excluding carboxylic acids is 2. The number of ketones is 2. The first-order valence-electron chi connectivity index (χ1n) is 5.88. The number of hydrogen-bond acceptors (Lipinski definition) is 4. The van der Waals surface area contributed by atoms with Crippen molar-refractivity contribution in [2.45, 2.75) is 18.7 Å². The summed E-state index contributed by atoms with van der Waals surface area (Å²) in [6.07, 6.45) is 2.33. The van der Waals surface area contributed by atoms with Crippen molar-refractivity contribution in [3.63, 3.8) is 0 Å². The Morgan fingerprint density at radius 3 is 2.10 bits per heavy atom. The molecule has 0 spiro atoms. The summed E-state index contributed by atoms with van der Waals surface area (Å²) in [5.41, 5.74) is 1.24. The van der Waals surface area contributed by atoms with E-state index < -0.39 is 21.6 Å². The fourth-order valence-electron chi connectivity index (χ4n) is 1.73. The number of sulfonamides is 1. The molecule has 1 N–H and O–H groups in total. The van der Waals surface area contributed by atoms with Crippen LogP contribution in [0.1, 0.15) is 12.5 Å². The van der Waals surface area contributed by atoms with Gasteiger partial charge in [-0.05, 0) is 32.1 Å². The molecule has 5 nitrogen and oxygen atoms in total. The molecule has 0 heterocycles. The molecule has 0 fully saturated rings. The Morgan fingerprint density at radius 1 is 0.950 bits per heavy atom. The highest BCUT2D eigenvalue weighted by Gasteiger charge is 2.22. The number of aryl methyl sites for hydroxylation is 1. The van der Waals surface area contributed by atoms with Crippen LogP contribution in [-0.2, 0) is 19.6 Å². The Kier molecular flexibility index (Phi) is 3.59. The van der Waals surface area contributed by atoms with Gasteiger partial charge >= 0.3 is 0 Å². The van der Waals surface area contributed by atoms with Crippen molar-refractivity contribution < 1.29 is 18.0 Å². The summed E-state index contributed by atoms with van der Waals surface area (Å²) >= 11 is 0. The second kappa shape index (κ2) is 5.05. The minimum atomic E-state index is -3.77. The number of allylic oxidation sites excluding steroid dienone is 3. The highest BCUT2D eigenvalue weighted by atomic mass is 32.2. The Balaban J connectivity index is 2.30. The standard InChI is InChI=1S/C14H13NO4S/c1-9-3-5-12(6-4-9)20(18,19)15-11-7-10(2)14(17)13(16)8-11/h3-8,15H,1-2H3. The van der Waals surface area contributed by atoms with Crippen molar-refractivity contribution in [3.8, 4) is 0 Å². The van der Waals surface area contributed by atoms with Gasteiger partial charge < -0.3 is 0 Å². The van der Waals surface area contributed by atoms with Crippen LogP contribution in [0.4, 0.5) is 0 Å². The van der Waals surface area contributed by atoms with Crippen LogP contribution < -0.4 is 4.72 Å². The summed E-state index contributed by atoms with van der Waals surface area (Å²) in [6, 6.07) is 6.31. The van der Waals surface area contributed by atoms with Crippen LogP contribution in [-0.4, -0.2) is 20.0 Å². The average molecular weight is 291 g/mol. The molecule has 0 aromatic heterocycles. The lowest BCUT2D eigenvalue weighted by Crippen LogP contribution is -2.27. The second-order valence-electron chi connectivity index (χ2n) is 4.54. The first-order valence-corrected chi connectivity index (χ1v) is 7.36. The minimum absolute atomic E-state index is 0.0904. The van der Waals surface area contributed by atoms with Gasteiger partial charge in [-0.15, -0.1) is 0 Å². The van der Waals surface area contributed by atoms with Crippen molar-refractivity contribution in [1.82, 2.24) is 4.72 Å². The van der Waals surface area contributed by atoms with Crippen molar-refractivity contribution in [2.24, 2.45) is 0 Å². The molecule has 0 saturated heterocycles. The Labute approximate surface area is 117 Å². The van der Waals surface area contributed by atoms with E-state index in [0.717, 1.165) is 11.6 Å². The molecular formula is C14H13NO4S. The molecule has 1 aliphatic carbocycles. The van der Waals surface area contributed by atoms with Gasteiger partial charge in [-0.3, -0.25) is 14.3 Å². The molecule has 1 aromatic carbocycles. The zero-order valence-corrected chi connectivity index (χ0v) is 11.8. The van der Waals surface area contributed by atoms with Gasteiger partial charge in [0.05, 0.1) is 10.6 Å². The van der Waals surface area contributed by atoms with Crippen LogP contribution in [0.15, 0.2) is 52.6 Å². The highest BCUT2D eigenvalue weighted by Crippen LogP contribution is 2.15. The van der Waals surface area contributed by atoms with E-state index in [1.54, 1.807) is 12.1 Å². The minimum Gasteiger partial charge on any atom is -0.285 e. The van der Waals surface area contributed by atoms with Crippen molar-refractivity contribution in [1.29, 1.82) is 0 Å². The molecule has 6 heteroatoms. The normalized spacial score (nSPS) is 15.7. The second-order valence-corrected chi connectivity index (χ2v) is 6.22. The van der Waals surface area contributed by atoms with Gasteiger partial charge in [-0.25, -0.2) is 8.42 Å². The largest absolute Gasteiger partial charge is 0.285 e. The number of hydrogen-bond donors (Lipinski definition) is 1. The average Bonchev–Trinajstić information content (AvgIpc) is 2.36. The number of Topliss-reactive ketones (excluding diaryl/α,β-unsaturated/α-hetero) is 1. The molecular weight excluding hydrogens is 278 g/mol. The summed E-state index contributed by atoms with van der Waals surface area (Å²) in [7, 11) is -3.77. The molecule has 1 aromatic rings. The fraction of sp³-hybridized carbons (Fsp3) is 0.143. The number of rotatable bonds is 3.